The van der Waals surface area contributed by atoms with Crippen molar-refractivity contribution in [3.63, 3.8) is 0 Å². The van der Waals surface area contributed by atoms with Gasteiger partial charge in [-0.3, -0.25) is 4.79 Å². The first-order chi connectivity index (χ1) is 9.51. The second-order valence-corrected chi connectivity index (χ2v) is 5.64. The number of carbonyl (C=O) groups excluding carboxylic acids is 1. The second-order valence-electron chi connectivity index (χ2n) is 4.73. The third kappa shape index (κ3) is 3.69. The molecular formula is C13H15BrFN3O2. The molecule has 2 rings (SSSR count). The van der Waals surface area contributed by atoms with E-state index in [9.17, 15) is 9.18 Å². The van der Waals surface area contributed by atoms with Crippen LogP contribution in [0.15, 0.2) is 27.8 Å². The van der Waals surface area contributed by atoms with Gasteiger partial charge in [-0.1, -0.05) is 21.1 Å². The van der Waals surface area contributed by atoms with Crippen molar-refractivity contribution in [1.82, 2.24) is 4.90 Å². The zero-order chi connectivity index (χ0) is 14.7. The first-order valence-electron chi connectivity index (χ1n) is 6.24. The highest BCUT2D eigenvalue weighted by atomic mass is 79.9. The number of nitrogens with two attached hydrogens (primary N) is 1. The summed E-state index contributed by atoms with van der Waals surface area (Å²) in [6, 6.07) is 4.27. The third-order valence-electron chi connectivity index (χ3n) is 3.10. The molecule has 1 aliphatic rings. The highest BCUT2D eigenvalue weighted by molar-refractivity contribution is 9.10. The number of halogens is 2. The standard InChI is InChI=1S/C13H15BrFN3O2/c14-9-5-8(6-10(15)7-9)13(19)18(11-1-2-11)4-3-12(16)17-20/h5-7,11,20H,1-4H2,(H2,16,17). The quantitative estimate of drug-likeness (QED) is 0.372. The van der Waals surface area contributed by atoms with Crippen LogP contribution in [0.25, 0.3) is 0 Å². The first-order valence-corrected chi connectivity index (χ1v) is 7.04. The van der Waals surface area contributed by atoms with Crippen LogP contribution in [0, 0.1) is 5.82 Å². The van der Waals surface area contributed by atoms with Crippen molar-refractivity contribution in [3.8, 4) is 0 Å². The fourth-order valence-corrected chi connectivity index (χ4v) is 2.43. The number of benzene rings is 1. The number of rotatable bonds is 5. The smallest absolute Gasteiger partial charge is 0.254 e. The normalized spacial score (nSPS) is 15.2. The van der Waals surface area contributed by atoms with Crippen molar-refractivity contribution in [2.24, 2.45) is 10.9 Å². The SMILES string of the molecule is NC(CCN(C(=O)c1cc(F)cc(Br)c1)C1CC1)=NO. The largest absolute Gasteiger partial charge is 0.409 e. The summed E-state index contributed by atoms with van der Waals surface area (Å²) in [7, 11) is 0. The molecule has 0 aliphatic heterocycles. The lowest BCUT2D eigenvalue weighted by Crippen LogP contribution is -2.36. The molecule has 0 bridgehead atoms. The van der Waals surface area contributed by atoms with Crippen LogP contribution in [-0.4, -0.2) is 34.4 Å². The van der Waals surface area contributed by atoms with Crippen molar-refractivity contribution >= 4 is 27.7 Å². The summed E-state index contributed by atoms with van der Waals surface area (Å²) in [5.74, 6) is -0.628. The van der Waals surface area contributed by atoms with Crippen LogP contribution in [0.4, 0.5) is 4.39 Å². The first kappa shape index (κ1) is 14.8. The van der Waals surface area contributed by atoms with E-state index in [2.05, 4.69) is 21.1 Å². The van der Waals surface area contributed by atoms with E-state index in [1.54, 1.807) is 11.0 Å². The number of hydrogen-bond acceptors (Lipinski definition) is 3. The maximum absolute atomic E-state index is 13.4. The number of nitrogens with zero attached hydrogens (tertiary/aromatic N) is 2. The van der Waals surface area contributed by atoms with Crippen molar-refractivity contribution < 1.29 is 14.4 Å². The highest BCUT2D eigenvalue weighted by Crippen LogP contribution is 2.29. The zero-order valence-corrected chi connectivity index (χ0v) is 12.3. The maximum atomic E-state index is 13.4. The van der Waals surface area contributed by atoms with Gasteiger partial charge in [-0.25, -0.2) is 4.39 Å². The average Bonchev–Trinajstić information content (AvgIpc) is 3.21. The fourth-order valence-electron chi connectivity index (χ4n) is 1.96. The summed E-state index contributed by atoms with van der Waals surface area (Å²) >= 11 is 3.17. The summed E-state index contributed by atoms with van der Waals surface area (Å²) in [4.78, 5) is 14.1. The van der Waals surface area contributed by atoms with Gasteiger partial charge in [-0.15, -0.1) is 0 Å². The van der Waals surface area contributed by atoms with Crippen molar-refractivity contribution in [3.05, 3.63) is 34.1 Å². The van der Waals surface area contributed by atoms with E-state index < -0.39 is 5.82 Å². The number of amidine groups is 1. The Bertz CT molecular complexity index is 526. The summed E-state index contributed by atoms with van der Waals surface area (Å²) in [5, 5.41) is 11.4. The van der Waals surface area contributed by atoms with Gasteiger partial charge < -0.3 is 15.8 Å². The van der Waals surface area contributed by atoms with Gasteiger partial charge in [0.05, 0.1) is 0 Å². The Kier molecular flexibility index (Phi) is 4.59. The Hall–Kier alpha value is -1.63. The molecule has 1 aromatic rings. The average molecular weight is 344 g/mol. The van der Waals surface area contributed by atoms with E-state index in [0.29, 0.717) is 16.6 Å². The number of carbonyl (C=O) groups is 1. The Balaban J connectivity index is 2.14. The van der Waals surface area contributed by atoms with Gasteiger partial charge in [0, 0.05) is 29.0 Å². The molecule has 1 aromatic carbocycles. The molecule has 0 aromatic heterocycles. The minimum atomic E-state index is -0.463. The molecule has 0 atom stereocenters. The molecule has 0 saturated heterocycles. The molecular weight excluding hydrogens is 329 g/mol. The lowest BCUT2D eigenvalue weighted by molar-refractivity contribution is 0.0747. The van der Waals surface area contributed by atoms with E-state index in [0.717, 1.165) is 12.8 Å². The minimum Gasteiger partial charge on any atom is -0.409 e. The van der Waals surface area contributed by atoms with E-state index in [1.807, 2.05) is 0 Å². The lowest BCUT2D eigenvalue weighted by Gasteiger charge is -2.22. The van der Waals surface area contributed by atoms with Gasteiger partial charge >= 0.3 is 0 Å². The Morgan fingerprint density at radius 2 is 2.20 bits per heavy atom. The molecule has 1 fully saturated rings. The topological polar surface area (TPSA) is 78.9 Å². The summed E-state index contributed by atoms with van der Waals surface area (Å²) in [6.07, 6.45) is 2.14. The Labute approximate surface area is 124 Å². The Morgan fingerprint density at radius 3 is 2.75 bits per heavy atom. The predicted molar refractivity (Wildman–Crippen MR) is 76.2 cm³/mol. The van der Waals surface area contributed by atoms with E-state index in [-0.39, 0.29) is 24.2 Å². The maximum Gasteiger partial charge on any atom is 0.254 e. The monoisotopic (exact) mass is 343 g/mol. The highest BCUT2D eigenvalue weighted by Gasteiger charge is 2.33. The minimum absolute atomic E-state index is 0.0730. The molecule has 3 N–H and O–H groups in total. The van der Waals surface area contributed by atoms with Gasteiger partial charge in [0.2, 0.25) is 0 Å². The summed E-state index contributed by atoms with van der Waals surface area (Å²) in [6.45, 7) is 0.355. The van der Waals surface area contributed by atoms with Gasteiger partial charge in [0.15, 0.2) is 0 Å². The van der Waals surface area contributed by atoms with Crippen LogP contribution >= 0.6 is 15.9 Å². The van der Waals surface area contributed by atoms with Crippen LogP contribution in [0.1, 0.15) is 29.6 Å². The van der Waals surface area contributed by atoms with E-state index in [1.165, 1.54) is 12.1 Å². The molecule has 1 saturated carbocycles. The van der Waals surface area contributed by atoms with E-state index in [4.69, 9.17) is 10.9 Å². The van der Waals surface area contributed by atoms with Crippen molar-refractivity contribution in [2.45, 2.75) is 25.3 Å². The fraction of sp³-hybridized carbons (Fsp3) is 0.385. The second kappa shape index (κ2) is 6.21. The van der Waals surface area contributed by atoms with Crippen LogP contribution in [0.3, 0.4) is 0 Å². The van der Waals surface area contributed by atoms with Crippen molar-refractivity contribution in [1.29, 1.82) is 0 Å². The molecule has 7 heteroatoms. The van der Waals surface area contributed by atoms with Crippen LogP contribution in [0.5, 0.6) is 0 Å². The van der Waals surface area contributed by atoms with Crippen LogP contribution in [-0.2, 0) is 0 Å². The zero-order valence-electron chi connectivity index (χ0n) is 10.7. The Morgan fingerprint density at radius 1 is 1.50 bits per heavy atom. The summed E-state index contributed by atoms with van der Waals surface area (Å²) in [5.41, 5.74) is 5.72. The van der Waals surface area contributed by atoms with Gasteiger partial charge in [0.1, 0.15) is 11.7 Å². The number of hydrogen-bond donors (Lipinski definition) is 2. The third-order valence-corrected chi connectivity index (χ3v) is 3.55. The number of oxime groups is 1. The molecule has 1 aliphatic carbocycles. The van der Waals surface area contributed by atoms with Gasteiger partial charge in [-0.2, -0.15) is 0 Å². The van der Waals surface area contributed by atoms with E-state index >= 15 is 0 Å². The van der Waals surface area contributed by atoms with Gasteiger partial charge in [0.25, 0.3) is 5.91 Å². The number of amides is 1. The lowest BCUT2D eigenvalue weighted by atomic mass is 10.2. The van der Waals surface area contributed by atoms with Crippen molar-refractivity contribution in [2.75, 3.05) is 6.54 Å². The molecule has 0 spiro atoms. The molecule has 108 valence electrons. The molecule has 0 unspecified atom stereocenters. The predicted octanol–water partition coefficient (Wildman–Crippen LogP) is 2.33. The molecule has 0 radical (unpaired) electrons. The molecule has 20 heavy (non-hydrogen) atoms. The van der Waals surface area contributed by atoms with Crippen LogP contribution < -0.4 is 5.73 Å². The van der Waals surface area contributed by atoms with Crippen LogP contribution in [0.2, 0.25) is 0 Å². The van der Waals surface area contributed by atoms with Gasteiger partial charge in [-0.05, 0) is 31.0 Å². The molecule has 0 heterocycles. The molecule has 5 nitrogen and oxygen atoms in total. The molecule has 1 amide bonds. The summed E-state index contributed by atoms with van der Waals surface area (Å²) < 4.78 is 13.9.